The Morgan fingerprint density at radius 2 is 2.06 bits per heavy atom. The molecule has 0 bridgehead atoms. The summed E-state index contributed by atoms with van der Waals surface area (Å²) in [6.07, 6.45) is 5.30. The van der Waals surface area contributed by atoms with Crippen molar-refractivity contribution in [1.82, 2.24) is 15.3 Å². The summed E-state index contributed by atoms with van der Waals surface area (Å²) in [4.78, 5) is 10.8. The molecule has 2 aromatic rings. The Hall–Kier alpha value is -1.26. The van der Waals surface area contributed by atoms with Crippen LogP contribution in [0.2, 0.25) is 0 Å². The van der Waals surface area contributed by atoms with Crippen molar-refractivity contribution >= 4 is 11.3 Å². The van der Waals surface area contributed by atoms with Gasteiger partial charge in [0.15, 0.2) is 0 Å². The Morgan fingerprint density at radius 3 is 2.62 bits per heavy atom. The second kappa shape index (κ2) is 5.18. The van der Waals surface area contributed by atoms with Gasteiger partial charge in [0, 0.05) is 27.7 Å². The molecule has 0 aliphatic heterocycles. The molecule has 2 aromatic heterocycles. The van der Waals surface area contributed by atoms with Gasteiger partial charge in [0.05, 0.1) is 6.04 Å². The smallest absolute Gasteiger partial charge is 0.115 e. The minimum Gasteiger partial charge on any atom is -0.306 e. The van der Waals surface area contributed by atoms with Gasteiger partial charge in [0.1, 0.15) is 6.33 Å². The lowest BCUT2D eigenvalue weighted by atomic mass is 10.1. The van der Waals surface area contributed by atoms with Gasteiger partial charge in [-0.25, -0.2) is 9.97 Å². The molecule has 84 valence electrons. The summed E-state index contributed by atoms with van der Waals surface area (Å²) < 4.78 is 0. The van der Waals surface area contributed by atoms with Crippen LogP contribution < -0.4 is 5.32 Å². The van der Waals surface area contributed by atoms with E-state index in [9.17, 15) is 0 Å². The molecule has 0 aromatic carbocycles. The van der Waals surface area contributed by atoms with E-state index in [1.54, 1.807) is 6.33 Å². The Morgan fingerprint density at radius 1 is 1.31 bits per heavy atom. The highest BCUT2D eigenvalue weighted by molar-refractivity contribution is 7.12. The van der Waals surface area contributed by atoms with Crippen LogP contribution in [0, 0.1) is 6.92 Å². The largest absolute Gasteiger partial charge is 0.306 e. The molecular weight excluding hydrogens is 218 g/mol. The summed E-state index contributed by atoms with van der Waals surface area (Å²) in [6.45, 7) is 5.16. The Bertz CT molecular complexity index is 439. The molecule has 2 rings (SSSR count). The molecule has 3 nitrogen and oxygen atoms in total. The predicted molar refractivity (Wildman–Crippen MR) is 66.6 cm³/mol. The van der Waals surface area contributed by atoms with Gasteiger partial charge in [-0.3, -0.25) is 0 Å². The van der Waals surface area contributed by atoms with E-state index in [0.29, 0.717) is 0 Å². The number of hydrogen-bond donors (Lipinski definition) is 1. The standard InChI is InChI=1S/C12H15N3S/c1-3-15-12(10-6-13-8-14-7-10)11-5-4-9(2)16-11/h4-8,12,15H,3H2,1-2H3. The fourth-order valence-corrected chi connectivity index (χ4v) is 2.64. The van der Waals surface area contributed by atoms with Crippen LogP contribution >= 0.6 is 11.3 Å². The van der Waals surface area contributed by atoms with Crippen LogP contribution in [0.25, 0.3) is 0 Å². The summed E-state index contributed by atoms with van der Waals surface area (Å²) in [5, 5.41) is 3.46. The quantitative estimate of drug-likeness (QED) is 0.882. The highest BCUT2D eigenvalue weighted by Crippen LogP contribution is 2.27. The molecule has 0 saturated carbocycles. The number of hydrogen-bond acceptors (Lipinski definition) is 4. The number of rotatable bonds is 4. The van der Waals surface area contributed by atoms with Crippen LogP contribution in [0.3, 0.4) is 0 Å². The Balaban J connectivity index is 2.31. The van der Waals surface area contributed by atoms with Crippen molar-refractivity contribution in [2.45, 2.75) is 19.9 Å². The summed E-state index contributed by atoms with van der Waals surface area (Å²) >= 11 is 1.81. The molecule has 0 amide bonds. The minimum atomic E-state index is 0.213. The Kier molecular flexibility index (Phi) is 3.64. The molecule has 0 aliphatic carbocycles. The van der Waals surface area contributed by atoms with E-state index in [2.05, 4.69) is 41.3 Å². The Labute approximate surface area is 99.6 Å². The first-order chi connectivity index (χ1) is 7.81. The van der Waals surface area contributed by atoms with Crippen LogP contribution in [0.1, 0.15) is 28.3 Å². The van der Waals surface area contributed by atoms with Gasteiger partial charge in [-0.2, -0.15) is 0 Å². The molecule has 0 fully saturated rings. The van der Waals surface area contributed by atoms with Gasteiger partial charge in [-0.1, -0.05) is 6.92 Å². The third kappa shape index (κ3) is 2.46. The number of aromatic nitrogens is 2. The molecule has 1 atom stereocenters. The lowest BCUT2D eigenvalue weighted by Gasteiger charge is -2.15. The third-order valence-corrected chi connectivity index (χ3v) is 3.43. The maximum Gasteiger partial charge on any atom is 0.115 e. The molecule has 0 aliphatic rings. The highest BCUT2D eigenvalue weighted by Gasteiger charge is 2.14. The molecule has 1 unspecified atom stereocenters. The van der Waals surface area contributed by atoms with Gasteiger partial charge in [-0.15, -0.1) is 11.3 Å². The van der Waals surface area contributed by atoms with Crippen LogP contribution in [0.5, 0.6) is 0 Å². The second-order valence-corrected chi connectivity index (χ2v) is 4.93. The van der Waals surface area contributed by atoms with Crippen molar-refractivity contribution < 1.29 is 0 Å². The molecule has 0 saturated heterocycles. The van der Waals surface area contributed by atoms with Crippen molar-refractivity contribution in [3.8, 4) is 0 Å². The van der Waals surface area contributed by atoms with Crippen LogP contribution in [-0.2, 0) is 0 Å². The fourth-order valence-electron chi connectivity index (χ4n) is 1.66. The van der Waals surface area contributed by atoms with Crippen LogP contribution in [-0.4, -0.2) is 16.5 Å². The molecule has 0 spiro atoms. The van der Waals surface area contributed by atoms with Crippen molar-refractivity contribution in [2.75, 3.05) is 6.54 Å². The van der Waals surface area contributed by atoms with Crippen molar-refractivity contribution in [3.63, 3.8) is 0 Å². The first-order valence-corrected chi connectivity index (χ1v) is 6.17. The van der Waals surface area contributed by atoms with E-state index in [1.165, 1.54) is 9.75 Å². The van der Waals surface area contributed by atoms with Crippen molar-refractivity contribution in [3.05, 3.63) is 46.2 Å². The molecule has 4 heteroatoms. The normalized spacial score (nSPS) is 12.6. The average molecular weight is 233 g/mol. The van der Waals surface area contributed by atoms with Crippen molar-refractivity contribution in [1.29, 1.82) is 0 Å². The van der Waals surface area contributed by atoms with E-state index in [4.69, 9.17) is 0 Å². The zero-order valence-electron chi connectivity index (χ0n) is 9.47. The average Bonchev–Trinajstić information content (AvgIpc) is 2.74. The van der Waals surface area contributed by atoms with E-state index < -0.39 is 0 Å². The predicted octanol–water partition coefficient (Wildman–Crippen LogP) is 2.55. The molecule has 16 heavy (non-hydrogen) atoms. The first kappa shape index (κ1) is 11.2. The zero-order chi connectivity index (χ0) is 11.4. The molecule has 2 heterocycles. The van der Waals surface area contributed by atoms with Crippen LogP contribution in [0.15, 0.2) is 30.9 Å². The van der Waals surface area contributed by atoms with Gasteiger partial charge < -0.3 is 5.32 Å². The van der Waals surface area contributed by atoms with Gasteiger partial charge in [0.25, 0.3) is 0 Å². The lowest BCUT2D eigenvalue weighted by molar-refractivity contribution is 0.635. The maximum absolute atomic E-state index is 4.07. The maximum atomic E-state index is 4.07. The summed E-state index contributed by atoms with van der Waals surface area (Å²) in [5.41, 5.74) is 1.12. The van der Waals surface area contributed by atoms with Gasteiger partial charge in [-0.05, 0) is 25.6 Å². The number of aryl methyl sites for hydroxylation is 1. The first-order valence-electron chi connectivity index (χ1n) is 5.36. The fraction of sp³-hybridized carbons (Fsp3) is 0.333. The summed E-state index contributed by atoms with van der Waals surface area (Å²) in [7, 11) is 0. The monoisotopic (exact) mass is 233 g/mol. The third-order valence-electron chi connectivity index (χ3n) is 2.37. The van der Waals surface area contributed by atoms with E-state index in [0.717, 1.165) is 12.1 Å². The minimum absolute atomic E-state index is 0.213. The summed E-state index contributed by atoms with van der Waals surface area (Å²) in [6, 6.07) is 4.53. The highest BCUT2D eigenvalue weighted by atomic mass is 32.1. The van der Waals surface area contributed by atoms with Crippen LogP contribution in [0.4, 0.5) is 0 Å². The number of thiophene rings is 1. The van der Waals surface area contributed by atoms with Crippen molar-refractivity contribution in [2.24, 2.45) is 0 Å². The zero-order valence-corrected chi connectivity index (χ0v) is 10.3. The second-order valence-electron chi connectivity index (χ2n) is 3.61. The van der Waals surface area contributed by atoms with E-state index in [-0.39, 0.29) is 6.04 Å². The topological polar surface area (TPSA) is 37.8 Å². The number of nitrogens with one attached hydrogen (secondary N) is 1. The molecule has 0 radical (unpaired) electrons. The molecular formula is C12H15N3S. The van der Waals surface area contributed by atoms with Gasteiger partial charge >= 0.3 is 0 Å². The van der Waals surface area contributed by atoms with E-state index in [1.807, 2.05) is 23.7 Å². The van der Waals surface area contributed by atoms with E-state index >= 15 is 0 Å². The van der Waals surface area contributed by atoms with Gasteiger partial charge in [0.2, 0.25) is 0 Å². The lowest BCUT2D eigenvalue weighted by Crippen LogP contribution is -2.21. The molecule has 1 N–H and O–H groups in total. The SMILES string of the molecule is CCNC(c1cncnc1)c1ccc(C)s1. The summed E-state index contributed by atoms with van der Waals surface area (Å²) in [5.74, 6) is 0. The number of nitrogens with zero attached hydrogens (tertiary/aromatic N) is 2.